The molecule has 3 rings (SSSR count). The van der Waals surface area contributed by atoms with Crippen LogP contribution in [0.2, 0.25) is 0 Å². The molecule has 0 bridgehead atoms. The van der Waals surface area contributed by atoms with Crippen LogP contribution in [0, 0.1) is 0 Å². The summed E-state index contributed by atoms with van der Waals surface area (Å²) >= 11 is 2.91. The largest absolute Gasteiger partial charge is 0.348 e. The smallest absolute Gasteiger partial charge is 0.228 e. The van der Waals surface area contributed by atoms with E-state index in [2.05, 4.69) is 60.7 Å². The molecular formula is C22H25N3O2S2. The van der Waals surface area contributed by atoms with Crippen molar-refractivity contribution in [3.63, 3.8) is 0 Å². The average Bonchev–Trinajstić information content (AvgIpc) is 3.32. The number of amides is 2. The van der Waals surface area contributed by atoms with Crippen LogP contribution >= 0.6 is 22.7 Å². The number of carbonyl (C=O) groups excluding carboxylic acids is 2. The summed E-state index contributed by atoms with van der Waals surface area (Å²) in [6.45, 7) is 8.01. The molecule has 7 heteroatoms. The van der Waals surface area contributed by atoms with E-state index < -0.39 is 0 Å². The molecule has 1 aromatic carbocycles. The van der Waals surface area contributed by atoms with Gasteiger partial charge in [-0.05, 0) is 22.4 Å². The topological polar surface area (TPSA) is 71.1 Å². The minimum Gasteiger partial charge on any atom is -0.348 e. The van der Waals surface area contributed by atoms with Gasteiger partial charge in [-0.1, -0.05) is 51.1 Å². The zero-order chi connectivity index (χ0) is 21.0. The maximum atomic E-state index is 12.5. The van der Waals surface area contributed by atoms with E-state index in [1.807, 2.05) is 22.9 Å². The predicted octanol–water partition coefficient (Wildman–Crippen LogP) is 5.38. The zero-order valence-electron chi connectivity index (χ0n) is 17.0. The summed E-state index contributed by atoms with van der Waals surface area (Å²) in [6.07, 6.45) is 0.162. The number of hydrogen-bond donors (Lipinski definition) is 2. The molecule has 2 N–H and O–H groups in total. The van der Waals surface area contributed by atoms with Crippen molar-refractivity contribution in [1.29, 1.82) is 0 Å². The van der Waals surface area contributed by atoms with Crippen LogP contribution in [0.15, 0.2) is 47.2 Å². The Morgan fingerprint density at radius 1 is 1.10 bits per heavy atom. The molecule has 2 aromatic heterocycles. The van der Waals surface area contributed by atoms with Crippen molar-refractivity contribution < 1.29 is 9.59 Å². The summed E-state index contributed by atoms with van der Waals surface area (Å²) < 4.78 is 0. The monoisotopic (exact) mass is 427 g/mol. The molecule has 0 spiro atoms. The lowest BCUT2D eigenvalue weighted by molar-refractivity contribution is -0.120. The summed E-state index contributed by atoms with van der Waals surface area (Å²) in [5, 5.41) is 10.1. The SMILES string of the molecule is CC(=O)NC(CC(=O)Nc1nc(-c2ccc(C(C)(C)C)cc2)cs1)c1cccs1. The lowest BCUT2D eigenvalue weighted by atomic mass is 9.86. The highest BCUT2D eigenvalue weighted by Crippen LogP contribution is 2.29. The third-order valence-electron chi connectivity index (χ3n) is 4.45. The summed E-state index contributed by atoms with van der Waals surface area (Å²) in [7, 11) is 0. The highest BCUT2D eigenvalue weighted by molar-refractivity contribution is 7.14. The fourth-order valence-corrected chi connectivity index (χ4v) is 4.43. The van der Waals surface area contributed by atoms with Crippen LogP contribution in [0.5, 0.6) is 0 Å². The van der Waals surface area contributed by atoms with E-state index >= 15 is 0 Å². The number of anilines is 1. The summed E-state index contributed by atoms with van der Waals surface area (Å²) in [5.74, 6) is -0.340. The number of thiophene rings is 1. The average molecular weight is 428 g/mol. The van der Waals surface area contributed by atoms with E-state index in [4.69, 9.17) is 0 Å². The number of benzene rings is 1. The van der Waals surface area contributed by atoms with Crippen molar-refractivity contribution >= 4 is 39.6 Å². The number of thiazole rings is 1. The van der Waals surface area contributed by atoms with Gasteiger partial charge in [0, 0.05) is 22.7 Å². The molecule has 0 saturated heterocycles. The molecule has 2 amide bonds. The molecule has 0 radical (unpaired) electrons. The Labute approximate surface area is 179 Å². The first-order valence-corrected chi connectivity index (χ1v) is 11.1. The lowest BCUT2D eigenvalue weighted by Gasteiger charge is -2.18. The Hall–Kier alpha value is -2.51. The quantitative estimate of drug-likeness (QED) is 0.555. The van der Waals surface area contributed by atoms with Crippen LogP contribution in [0.1, 0.15) is 50.6 Å². The van der Waals surface area contributed by atoms with Crippen molar-refractivity contribution in [3.8, 4) is 11.3 Å². The van der Waals surface area contributed by atoms with Crippen molar-refractivity contribution in [2.24, 2.45) is 0 Å². The minimum absolute atomic E-state index is 0.104. The van der Waals surface area contributed by atoms with Crippen LogP contribution in [-0.2, 0) is 15.0 Å². The van der Waals surface area contributed by atoms with Gasteiger partial charge in [0.15, 0.2) is 5.13 Å². The van der Waals surface area contributed by atoms with Gasteiger partial charge in [-0.25, -0.2) is 4.98 Å². The molecule has 0 aliphatic rings. The third kappa shape index (κ3) is 5.74. The van der Waals surface area contributed by atoms with Gasteiger partial charge in [-0.3, -0.25) is 9.59 Å². The summed E-state index contributed by atoms with van der Waals surface area (Å²) in [4.78, 5) is 29.5. The molecule has 3 aromatic rings. The number of nitrogens with zero attached hydrogens (tertiary/aromatic N) is 1. The summed E-state index contributed by atoms with van der Waals surface area (Å²) in [6, 6.07) is 11.8. The first-order chi connectivity index (χ1) is 13.7. The van der Waals surface area contributed by atoms with Crippen molar-refractivity contribution in [1.82, 2.24) is 10.3 Å². The van der Waals surface area contributed by atoms with Crippen LogP contribution in [-0.4, -0.2) is 16.8 Å². The van der Waals surface area contributed by atoms with Gasteiger partial charge in [-0.2, -0.15) is 0 Å². The van der Waals surface area contributed by atoms with Gasteiger partial charge in [0.1, 0.15) is 0 Å². The maximum Gasteiger partial charge on any atom is 0.228 e. The van der Waals surface area contributed by atoms with Gasteiger partial charge < -0.3 is 10.6 Å². The Kier molecular flexibility index (Phi) is 6.49. The predicted molar refractivity (Wildman–Crippen MR) is 120 cm³/mol. The van der Waals surface area contributed by atoms with E-state index in [9.17, 15) is 9.59 Å². The van der Waals surface area contributed by atoms with Gasteiger partial charge in [0.25, 0.3) is 0 Å². The summed E-state index contributed by atoms with van der Waals surface area (Å²) in [5.41, 5.74) is 3.22. The Morgan fingerprint density at radius 3 is 2.41 bits per heavy atom. The van der Waals surface area contributed by atoms with E-state index in [1.165, 1.54) is 35.2 Å². The Morgan fingerprint density at radius 2 is 1.83 bits per heavy atom. The van der Waals surface area contributed by atoms with Gasteiger partial charge in [0.05, 0.1) is 18.2 Å². The van der Waals surface area contributed by atoms with Crippen molar-refractivity contribution in [2.75, 3.05) is 5.32 Å². The van der Waals surface area contributed by atoms with E-state index in [-0.39, 0.29) is 29.7 Å². The first kappa shape index (κ1) is 21.2. The zero-order valence-corrected chi connectivity index (χ0v) is 18.6. The number of hydrogen-bond acceptors (Lipinski definition) is 5. The molecule has 0 aliphatic carbocycles. The second-order valence-corrected chi connectivity index (χ2v) is 9.72. The second kappa shape index (κ2) is 8.88. The fourth-order valence-electron chi connectivity index (χ4n) is 2.92. The minimum atomic E-state index is -0.336. The van der Waals surface area contributed by atoms with Crippen LogP contribution < -0.4 is 10.6 Å². The molecule has 5 nitrogen and oxygen atoms in total. The third-order valence-corrected chi connectivity index (χ3v) is 6.19. The Balaban J connectivity index is 1.66. The van der Waals surface area contributed by atoms with Crippen molar-refractivity contribution in [3.05, 3.63) is 57.6 Å². The highest BCUT2D eigenvalue weighted by Gasteiger charge is 2.19. The van der Waals surface area contributed by atoms with E-state index in [0.717, 1.165) is 16.1 Å². The number of rotatable bonds is 6. The molecular weight excluding hydrogens is 402 g/mol. The number of aromatic nitrogens is 1. The van der Waals surface area contributed by atoms with Crippen LogP contribution in [0.25, 0.3) is 11.3 Å². The van der Waals surface area contributed by atoms with Crippen LogP contribution in [0.3, 0.4) is 0 Å². The van der Waals surface area contributed by atoms with E-state index in [1.54, 1.807) is 0 Å². The van der Waals surface area contributed by atoms with E-state index in [0.29, 0.717) is 5.13 Å². The Bertz CT molecular complexity index is 970. The highest BCUT2D eigenvalue weighted by atomic mass is 32.1. The molecule has 2 heterocycles. The molecule has 0 saturated carbocycles. The van der Waals surface area contributed by atoms with Gasteiger partial charge in [0.2, 0.25) is 11.8 Å². The first-order valence-electron chi connectivity index (χ1n) is 9.39. The molecule has 0 fully saturated rings. The lowest BCUT2D eigenvalue weighted by Crippen LogP contribution is -2.29. The second-order valence-electron chi connectivity index (χ2n) is 7.89. The van der Waals surface area contributed by atoms with Gasteiger partial charge >= 0.3 is 0 Å². The van der Waals surface area contributed by atoms with Gasteiger partial charge in [-0.15, -0.1) is 22.7 Å². The molecule has 29 heavy (non-hydrogen) atoms. The van der Waals surface area contributed by atoms with Crippen molar-refractivity contribution in [2.45, 2.75) is 45.6 Å². The number of carbonyl (C=O) groups is 2. The standard InChI is InChI=1S/C22H25N3O2S2/c1-14(26)23-17(19-6-5-11-28-19)12-20(27)25-21-24-18(13-29-21)15-7-9-16(10-8-15)22(2,3)4/h5-11,13,17H,12H2,1-4H3,(H,23,26)(H,24,25,27). The molecule has 152 valence electrons. The molecule has 1 unspecified atom stereocenters. The number of nitrogens with one attached hydrogen (secondary N) is 2. The maximum absolute atomic E-state index is 12.5. The normalized spacial score (nSPS) is 12.4. The van der Waals surface area contributed by atoms with Crippen LogP contribution in [0.4, 0.5) is 5.13 Å². The fraction of sp³-hybridized carbons (Fsp3) is 0.318. The molecule has 1 atom stereocenters. The molecule has 0 aliphatic heterocycles.